The van der Waals surface area contributed by atoms with E-state index in [-0.39, 0.29) is 4.90 Å². The lowest BCUT2D eigenvalue weighted by Gasteiger charge is -2.07. The number of rotatable bonds is 7. The number of aryl methyl sites for hydroxylation is 1. The summed E-state index contributed by atoms with van der Waals surface area (Å²) in [7, 11) is -3.72. The van der Waals surface area contributed by atoms with Gasteiger partial charge in [0.05, 0.1) is 23.0 Å². The van der Waals surface area contributed by atoms with Crippen molar-refractivity contribution in [2.75, 3.05) is 0 Å². The molecule has 1 aromatic heterocycles. The van der Waals surface area contributed by atoms with Gasteiger partial charge in [0.2, 0.25) is 0 Å². The number of nitrogens with zero attached hydrogens (tertiary/aromatic N) is 2. The molecule has 0 bridgehead atoms. The first-order chi connectivity index (χ1) is 13.4. The molecule has 0 amide bonds. The van der Waals surface area contributed by atoms with Gasteiger partial charge in [0.1, 0.15) is 0 Å². The molecule has 7 heteroatoms. The van der Waals surface area contributed by atoms with Crippen LogP contribution in [0.4, 0.5) is 0 Å². The highest BCUT2D eigenvalue weighted by Gasteiger charge is 2.13. The van der Waals surface area contributed by atoms with Crippen LogP contribution in [0.5, 0.6) is 0 Å². The second kappa shape index (κ2) is 8.39. The first-order valence-electron chi connectivity index (χ1n) is 9.18. The highest BCUT2D eigenvalue weighted by Crippen LogP contribution is 2.21. The fraction of sp³-hybridized carbons (Fsp3) is 0.238. The van der Waals surface area contributed by atoms with Crippen LogP contribution in [-0.4, -0.2) is 24.8 Å². The van der Waals surface area contributed by atoms with Gasteiger partial charge >= 0.3 is 0 Å². The summed E-state index contributed by atoms with van der Waals surface area (Å²) in [5.74, 6) is 0.341. The number of aromatic nitrogens is 2. The number of H-pyrrole nitrogens is 1. The summed E-state index contributed by atoms with van der Waals surface area (Å²) in [6, 6.07) is 14.9. The second-order valence-electron chi connectivity index (χ2n) is 6.83. The average molecular weight is 397 g/mol. The number of hydrogen-bond acceptors (Lipinski definition) is 4. The maximum absolute atomic E-state index is 12.4. The number of benzene rings is 2. The van der Waals surface area contributed by atoms with E-state index in [0.29, 0.717) is 11.5 Å². The number of hydrazone groups is 1. The smallest absolute Gasteiger partial charge is 0.276 e. The first kappa shape index (κ1) is 19.8. The van der Waals surface area contributed by atoms with Crippen molar-refractivity contribution in [1.82, 2.24) is 15.0 Å². The lowest BCUT2D eigenvalue weighted by molar-refractivity contribution is 0.584. The quantitative estimate of drug-likeness (QED) is 0.466. The van der Waals surface area contributed by atoms with Crippen molar-refractivity contribution in [1.29, 1.82) is 0 Å². The third kappa shape index (κ3) is 4.48. The first-order valence-corrected chi connectivity index (χ1v) is 10.7. The second-order valence-corrected chi connectivity index (χ2v) is 8.49. The summed E-state index contributed by atoms with van der Waals surface area (Å²) in [5, 5.41) is 10.9. The van der Waals surface area contributed by atoms with E-state index in [2.05, 4.69) is 53.0 Å². The van der Waals surface area contributed by atoms with Crippen LogP contribution in [0.25, 0.3) is 11.3 Å². The van der Waals surface area contributed by atoms with Gasteiger partial charge in [-0.3, -0.25) is 5.10 Å². The zero-order valence-electron chi connectivity index (χ0n) is 16.2. The molecule has 2 aromatic carbocycles. The standard InChI is InChI=1S/C21H24N4O2S/c1-4-16-5-7-18(8-6-16)21-19(13-22-24-21)14-23-25-28(26,27)20-11-9-17(10-12-20)15(2)3/h5-15,25H,4H2,1-3H3,(H,22,24). The lowest BCUT2D eigenvalue weighted by atomic mass is 10.0. The van der Waals surface area contributed by atoms with Crippen LogP contribution in [0.3, 0.4) is 0 Å². The Morgan fingerprint density at radius 1 is 1.11 bits per heavy atom. The third-order valence-electron chi connectivity index (χ3n) is 4.55. The number of aromatic amines is 1. The van der Waals surface area contributed by atoms with Crippen LogP contribution in [0.15, 0.2) is 64.7 Å². The Hall–Kier alpha value is -2.93. The van der Waals surface area contributed by atoms with E-state index >= 15 is 0 Å². The van der Waals surface area contributed by atoms with Crippen molar-refractivity contribution in [2.24, 2.45) is 5.10 Å². The third-order valence-corrected chi connectivity index (χ3v) is 5.79. The monoisotopic (exact) mass is 396 g/mol. The van der Waals surface area contributed by atoms with Crippen molar-refractivity contribution < 1.29 is 8.42 Å². The fourth-order valence-electron chi connectivity index (χ4n) is 2.78. The molecule has 0 unspecified atom stereocenters. The summed E-state index contributed by atoms with van der Waals surface area (Å²) in [4.78, 5) is 2.44. The van der Waals surface area contributed by atoms with Crippen LogP contribution in [0, 0.1) is 0 Å². The summed E-state index contributed by atoms with van der Waals surface area (Å²) in [5.41, 5.74) is 4.77. The molecule has 2 N–H and O–H groups in total. The topological polar surface area (TPSA) is 87.2 Å². The molecule has 0 saturated heterocycles. The predicted molar refractivity (Wildman–Crippen MR) is 112 cm³/mol. The minimum atomic E-state index is -3.72. The van der Waals surface area contributed by atoms with Crippen molar-refractivity contribution in [3.63, 3.8) is 0 Å². The number of hydrogen-bond donors (Lipinski definition) is 2. The van der Waals surface area contributed by atoms with Crippen molar-refractivity contribution in [3.05, 3.63) is 71.4 Å². The minimum absolute atomic E-state index is 0.177. The summed E-state index contributed by atoms with van der Waals surface area (Å²) < 4.78 is 24.8. The van der Waals surface area contributed by atoms with E-state index in [4.69, 9.17) is 0 Å². The molecule has 0 fully saturated rings. The van der Waals surface area contributed by atoms with Crippen molar-refractivity contribution in [3.8, 4) is 11.3 Å². The Morgan fingerprint density at radius 3 is 2.39 bits per heavy atom. The van der Waals surface area contributed by atoms with Crippen LogP contribution in [0.2, 0.25) is 0 Å². The van der Waals surface area contributed by atoms with E-state index in [1.165, 1.54) is 11.8 Å². The van der Waals surface area contributed by atoms with Crippen LogP contribution >= 0.6 is 0 Å². The molecule has 0 aliphatic rings. The van der Waals surface area contributed by atoms with Gasteiger partial charge in [0.15, 0.2) is 0 Å². The molecule has 0 spiro atoms. The molecule has 6 nitrogen and oxygen atoms in total. The Balaban J connectivity index is 1.75. The van der Waals surface area contributed by atoms with Gasteiger partial charge in [-0.1, -0.05) is 57.2 Å². The Labute approximate surface area is 165 Å². The van der Waals surface area contributed by atoms with Gasteiger partial charge in [0.25, 0.3) is 10.0 Å². The Kier molecular flexibility index (Phi) is 5.94. The molecule has 146 valence electrons. The van der Waals surface area contributed by atoms with Crippen molar-refractivity contribution >= 4 is 16.2 Å². The maximum atomic E-state index is 12.4. The van der Waals surface area contributed by atoms with Gasteiger partial charge in [-0.25, -0.2) is 4.83 Å². The summed E-state index contributed by atoms with van der Waals surface area (Å²) in [6.07, 6.45) is 4.03. The minimum Gasteiger partial charge on any atom is -0.277 e. The largest absolute Gasteiger partial charge is 0.277 e. The molecule has 3 aromatic rings. The average Bonchev–Trinajstić information content (AvgIpc) is 3.16. The normalized spacial score (nSPS) is 12.0. The number of nitrogens with one attached hydrogen (secondary N) is 2. The van der Waals surface area contributed by atoms with E-state index in [1.807, 2.05) is 24.3 Å². The SMILES string of the molecule is CCc1ccc(-c2[nH]ncc2C=NNS(=O)(=O)c2ccc(C(C)C)cc2)cc1. The molecule has 0 saturated carbocycles. The van der Waals surface area contributed by atoms with E-state index in [9.17, 15) is 8.42 Å². The van der Waals surface area contributed by atoms with Crippen molar-refractivity contribution in [2.45, 2.75) is 38.0 Å². The highest BCUT2D eigenvalue weighted by molar-refractivity contribution is 7.89. The zero-order chi connectivity index (χ0) is 20.1. The molecule has 0 radical (unpaired) electrons. The van der Waals surface area contributed by atoms with E-state index in [1.54, 1.807) is 18.3 Å². The fourth-order valence-corrected chi connectivity index (χ4v) is 3.57. The molecule has 3 rings (SSSR count). The number of sulfonamides is 1. The maximum Gasteiger partial charge on any atom is 0.276 e. The van der Waals surface area contributed by atoms with Gasteiger partial charge < -0.3 is 0 Å². The molecule has 28 heavy (non-hydrogen) atoms. The lowest BCUT2D eigenvalue weighted by Crippen LogP contribution is -2.18. The predicted octanol–water partition coefficient (Wildman–Crippen LogP) is 4.07. The van der Waals surface area contributed by atoms with Gasteiger partial charge in [-0.15, -0.1) is 0 Å². The van der Waals surface area contributed by atoms with Gasteiger partial charge in [0, 0.05) is 11.1 Å². The Morgan fingerprint density at radius 2 is 1.79 bits per heavy atom. The molecule has 1 heterocycles. The van der Waals surface area contributed by atoms with E-state index in [0.717, 1.165) is 23.2 Å². The van der Waals surface area contributed by atoms with Crippen LogP contribution in [0.1, 0.15) is 43.4 Å². The van der Waals surface area contributed by atoms with Gasteiger partial charge in [-0.2, -0.15) is 18.6 Å². The molecular formula is C21H24N4O2S. The molecular weight excluding hydrogens is 372 g/mol. The van der Waals surface area contributed by atoms with Crippen LogP contribution in [-0.2, 0) is 16.4 Å². The summed E-state index contributed by atoms with van der Waals surface area (Å²) >= 11 is 0. The van der Waals surface area contributed by atoms with E-state index < -0.39 is 10.0 Å². The van der Waals surface area contributed by atoms with Crippen LogP contribution < -0.4 is 4.83 Å². The zero-order valence-corrected chi connectivity index (χ0v) is 17.0. The van der Waals surface area contributed by atoms with Gasteiger partial charge in [-0.05, 0) is 35.6 Å². The Bertz CT molecular complexity index is 1050. The molecule has 0 atom stereocenters. The summed E-state index contributed by atoms with van der Waals surface area (Å²) in [6.45, 7) is 6.22. The highest BCUT2D eigenvalue weighted by atomic mass is 32.2. The molecule has 0 aliphatic heterocycles. The molecule has 0 aliphatic carbocycles.